The Hall–Kier alpha value is -0.630. The van der Waals surface area contributed by atoms with Crippen LogP contribution in [0.5, 0.6) is 0 Å². The quantitative estimate of drug-likeness (QED) is 0.519. The third kappa shape index (κ3) is 3.41. The van der Waals surface area contributed by atoms with Gasteiger partial charge in [0.1, 0.15) is 0 Å². The second kappa shape index (κ2) is 5.22. The number of halogens is 9. The molecule has 0 nitrogen and oxygen atoms in total. The molecule has 0 aromatic rings. The minimum atomic E-state index is -5.34. The minimum Gasteiger partial charge on any atom is -0.171 e. The summed E-state index contributed by atoms with van der Waals surface area (Å²) in [6.45, 7) is 2.36. The molecule has 0 amide bonds. The van der Waals surface area contributed by atoms with Gasteiger partial charge in [-0.3, -0.25) is 0 Å². The molecule has 0 aromatic carbocycles. The molecule has 0 heterocycles. The van der Waals surface area contributed by atoms with E-state index < -0.39 is 54.0 Å². The molecular weight excluding hydrogens is 315 g/mol. The average Bonchev–Trinajstić information content (AvgIpc) is 2.17. The summed E-state index contributed by atoms with van der Waals surface area (Å²) in [5, 5.41) is 0. The molecule has 0 N–H and O–H groups in total. The molecule has 1 aliphatic carbocycles. The van der Waals surface area contributed by atoms with Gasteiger partial charge in [-0.1, -0.05) is 20.8 Å². The predicted molar refractivity (Wildman–Crippen MR) is 56.1 cm³/mol. The Morgan fingerprint density at radius 1 is 0.429 bits per heavy atom. The van der Waals surface area contributed by atoms with Crippen molar-refractivity contribution < 1.29 is 39.5 Å². The van der Waals surface area contributed by atoms with Crippen molar-refractivity contribution in [3.05, 3.63) is 0 Å². The molecule has 1 rings (SSSR count). The standard InChI is InChI=1S/C12H15F9/c1-4-5(2)8(11(16,17)18)9(12(19,20)21)6(3)7(4)10(13,14)15/h4-9H,1-3H3. The Balaban J connectivity index is 3.39. The van der Waals surface area contributed by atoms with Crippen molar-refractivity contribution in [3.8, 4) is 0 Å². The summed E-state index contributed by atoms with van der Waals surface area (Å²) in [6, 6.07) is 0. The lowest BCUT2D eigenvalue weighted by Gasteiger charge is -2.50. The van der Waals surface area contributed by atoms with Gasteiger partial charge in [0.2, 0.25) is 0 Å². The number of rotatable bonds is 0. The van der Waals surface area contributed by atoms with Gasteiger partial charge in [-0.2, -0.15) is 39.5 Å². The molecule has 1 saturated carbocycles. The van der Waals surface area contributed by atoms with E-state index in [-0.39, 0.29) is 0 Å². The van der Waals surface area contributed by atoms with Crippen molar-refractivity contribution in [1.82, 2.24) is 0 Å². The fraction of sp³-hybridized carbons (Fsp3) is 1.00. The largest absolute Gasteiger partial charge is 0.392 e. The van der Waals surface area contributed by atoms with Gasteiger partial charge >= 0.3 is 18.5 Å². The summed E-state index contributed by atoms with van der Waals surface area (Å²) in [4.78, 5) is 0. The van der Waals surface area contributed by atoms with Gasteiger partial charge in [0.15, 0.2) is 0 Å². The molecular formula is C12H15F9. The summed E-state index contributed by atoms with van der Waals surface area (Å²) in [7, 11) is 0. The molecule has 0 bridgehead atoms. The summed E-state index contributed by atoms with van der Waals surface area (Å²) < 4.78 is 117. The Morgan fingerprint density at radius 3 is 0.952 bits per heavy atom. The van der Waals surface area contributed by atoms with Gasteiger partial charge < -0.3 is 0 Å². The Morgan fingerprint density at radius 2 is 0.667 bits per heavy atom. The number of hydrogen-bond donors (Lipinski definition) is 0. The van der Waals surface area contributed by atoms with Crippen LogP contribution >= 0.6 is 0 Å². The van der Waals surface area contributed by atoms with Gasteiger partial charge in [0.05, 0.1) is 17.8 Å². The van der Waals surface area contributed by atoms with Gasteiger partial charge in [-0.05, 0) is 17.8 Å². The Kier molecular flexibility index (Phi) is 4.58. The van der Waals surface area contributed by atoms with Crippen LogP contribution in [0.15, 0.2) is 0 Å². The highest BCUT2D eigenvalue weighted by Gasteiger charge is 2.67. The maximum Gasteiger partial charge on any atom is 0.392 e. The first kappa shape index (κ1) is 18.4. The van der Waals surface area contributed by atoms with E-state index >= 15 is 0 Å². The van der Waals surface area contributed by atoms with Gasteiger partial charge in [-0.25, -0.2) is 0 Å². The van der Waals surface area contributed by atoms with Crippen molar-refractivity contribution in [2.24, 2.45) is 35.5 Å². The van der Waals surface area contributed by atoms with E-state index in [9.17, 15) is 39.5 Å². The molecule has 6 atom stereocenters. The Labute approximate surface area is 115 Å². The van der Waals surface area contributed by atoms with Gasteiger partial charge in [0, 0.05) is 0 Å². The summed E-state index contributed by atoms with van der Waals surface area (Å²) in [6.07, 6.45) is -15.5. The van der Waals surface area contributed by atoms with Crippen LogP contribution in [0.2, 0.25) is 0 Å². The first-order valence-corrected chi connectivity index (χ1v) is 6.30. The molecule has 6 unspecified atom stereocenters. The smallest absolute Gasteiger partial charge is 0.171 e. The van der Waals surface area contributed by atoms with Gasteiger partial charge in [0.25, 0.3) is 0 Å². The second-order valence-corrected chi connectivity index (χ2v) is 5.78. The fourth-order valence-electron chi connectivity index (χ4n) is 3.61. The fourth-order valence-corrected chi connectivity index (χ4v) is 3.61. The van der Waals surface area contributed by atoms with Crippen molar-refractivity contribution in [2.75, 3.05) is 0 Å². The lowest BCUT2D eigenvalue weighted by atomic mass is 9.57. The van der Waals surface area contributed by atoms with E-state index in [0.717, 1.165) is 13.8 Å². The zero-order valence-corrected chi connectivity index (χ0v) is 11.4. The molecule has 0 aromatic heterocycles. The highest BCUT2D eigenvalue weighted by atomic mass is 19.4. The molecule has 9 heteroatoms. The van der Waals surface area contributed by atoms with Crippen molar-refractivity contribution >= 4 is 0 Å². The summed E-state index contributed by atoms with van der Waals surface area (Å²) >= 11 is 0. The van der Waals surface area contributed by atoms with Crippen LogP contribution in [0, 0.1) is 35.5 Å². The highest BCUT2D eigenvalue weighted by Crippen LogP contribution is 2.59. The molecule has 1 aliphatic rings. The molecule has 21 heavy (non-hydrogen) atoms. The first-order valence-electron chi connectivity index (χ1n) is 6.30. The maximum absolute atomic E-state index is 13.0. The van der Waals surface area contributed by atoms with E-state index in [2.05, 4.69) is 0 Å². The van der Waals surface area contributed by atoms with Crippen LogP contribution in [0.25, 0.3) is 0 Å². The average molecular weight is 330 g/mol. The molecule has 126 valence electrons. The second-order valence-electron chi connectivity index (χ2n) is 5.78. The number of alkyl halides is 9. The zero-order chi connectivity index (χ0) is 17.0. The van der Waals surface area contributed by atoms with E-state index in [4.69, 9.17) is 0 Å². The van der Waals surface area contributed by atoms with Crippen LogP contribution in [-0.2, 0) is 0 Å². The van der Waals surface area contributed by atoms with Crippen LogP contribution in [0.3, 0.4) is 0 Å². The van der Waals surface area contributed by atoms with E-state index in [1.54, 1.807) is 0 Å². The summed E-state index contributed by atoms with van der Waals surface area (Å²) in [5.41, 5.74) is 0. The van der Waals surface area contributed by atoms with Crippen molar-refractivity contribution in [2.45, 2.75) is 39.3 Å². The molecule has 1 fully saturated rings. The van der Waals surface area contributed by atoms with Crippen molar-refractivity contribution in [1.29, 1.82) is 0 Å². The van der Waals surface area contributed by atoms with Crippen molar-refractivity contribution in [3.63, 3.8) is 0 Å². The molecule has 0 aliphatic heterocycles. The maximum atomic E-state index is 13.0. The predicted octanol–water partition coefficient (Wildman–Crippen LogP) is 5.44. The lowest BCUT2D eigenvalue weighted by molar-refractivity contribution is -0.321. The van der Waals surface area contributed by atoms with E-state index in [0.29, 0.717) is 6.92 Å². The van der Waals surface area contributed by atoms with E-state index in [1.807, 2.05) is 0 Å². The van der Waals surface area contributed by atoms with Crippen LogP contribution in [0.1, 0.15) is 20.8 Å². The molecule has 0 radical (unpaired) electrons. The lowest BCUT2D eigenvalue weighted by Crippen LogP contribution is -2.57. The first-order chi connectivity index (χ1) is 9.10. The third-order valence-electron chi connectivity index (χ3n) is 4.62. The van der Waals surface area contributed by atoms with Crippen LogP contribution in [0.4, 0.5) is 39.5 Å². The summed E-state index contributed by atoms with van der Waals surface area (Å²) in [5.74, 6) is -13.7. The molecule has 0 saturated heterocycles. The van der Waals surface area contributed by atoms with Crippen LogP contribution < -0.4 is 0 Å². The topological polar surface area (TPSA) is 0 Å². The Bertz CT molecular complexity index is 364. The van der Waals surface area contributed by atoms with E-state index in [1.165, 1.54) is 0 Å². The third-order valence-corrected chi connectivity index (χ3v) is 4.62. The molecule has 0 spiro atoms. The minimum absolute atomic E-state index is 0.609. The number of hydrogen-bond acceptors (Lipinski definition) is 0. The van der Waals surface area contributed by atoms with Gasteiger partial charge in [-0.15, -0.1) is 0 Å². The zero-order valence-electron chi connectivity index (χ0n) is 11.4. The monoisotopic (exact) mass is 330 g/mol. The SMILES string of the molecule is CC1C(C)C(C(F)(F)F)C(C(F)(F)F)C(C)C1C(F)(F)F. The normalized spacial score (nSPS) is 39.4. The van der Waals surface area contributed by atoms with Crippen LogP contribution in [-0.4, -0.2) is 18.5 Å². The highest BCUT2D eigenvalue weighted by molar-refractivity contribution is 4.99.